The van der Waals surface area contributed by atoms with Crippen molar-refractivity contribution in [2.45, 2.75) is 0 Å². The van der Waals surface area contributed by atoms with E-state index in [0.29, 0.717) is 11.5 Å². The van der Waals surface area contributed by atoms with E-state index < -0.39 is 5.82 Å². The van der Waals surface area contributed by atoms with Gasteiger partial charge in [0.05, 0.1) is 0 Å². The zero-order valence-corrected chi connectivity index (χ0v) is 11.0. The van der Waals surface area contributed by atoms with Gasteiger partial charge in [-0.3, -0.25) is 0 Å². The van der Waals surface area contributed by atoms with E-state index >= 15 is 0 Å². The summed E-state index contributed by atoms with van der Waals surface area (Å²) >= 11 is 0. The SMILES string of the molecule is Fc1[c-]cc(-c2ncccn2)nc1.[CH3-].[Y]. The summed E-state index contributed by atoms with van der Waals surface area (Å²) in [5, 5.41) is 0. The van der Waals surface area contributed by atoms with Gasteiger partial charge in [-0.2, -0.15) is 0 Å². The Balaban J connectivity index is 0.000000980. The first kappa shape index (κ1) is 14.3. The molecule has 0 saturated carbocycles. The molecule has 0 aliphatic carbocycles. The smallest absolute Gasteiger partial charge is 0.121 e. The van der Waals surface area contributed by atoms with Crippen molar-refractivity contribution in [3.05, 3.63) is 50.0 Å². The summed E-state index contributed by atoms with van der Waals surface area (Å²) in [7, 11) is 0. The number of hydrogen-bond acceptors (Lipinski definition) is 3. The van der Waals surface area contributed by atoms with Gasteiger partial charge in [0.1, 0.15) is 5.82 Å². The first-order valence-electron chi connectivity index (χ1n) is 3.67. The van der Waals surface area contributed by atoms with Crippen LogP contribution >= 0.6 is 0 Å². The second kappa shape index (κ2) is 6.69. The molecule has 15 heavy (non-hydrogen) atoms. The first-order valence-corrected chi connectivity index (χ1v) is 3.67. The fraction of sp³-hybridized carbons (Fsp3) is 0. The van der Waals surface area contributed by atoms with Gasteiger partial charge in [0.2, 0.25) is 0 Å². The fourth-order valence-corrected chi connectivity index (χ4v) is 0.892. The predicted octanol–water partition coefficient (Wildman–Crippen LogP) is 1.93. The van der Waals surface area contributed by atoms with Crippen molar-refractivity contribution in [1.29, 1.82) is 0 Å². The normalized spacial score (nSPS) is 8.60. The van der Waals surface area contributed by atoms with Gasteiger partial charge in [-0.05, 0) is 18.0 Å². The minimum Gasteiger partial charge on any atom is -0.377 e. The molecule has 2 heterocycles. The van der Waals surface area contributed by atoms with Gasteiger partial charge in [-0.15, -0.1) is 12.1 Å². The topological polar surface area (TPSA) is 38.7 Å². The quantitative estimate of drug-likeness (QED) is 0.748. The average Bonchev–Trinajstić information content (AvgIpc) is 2.20. The molecule has 0 aliphatic heterocycles. The zero-order valence-electron chi connectivity index (χ0n) is 8.18. The molecule has 2 aromatic rings. The van der Waals surface area contributed by atoms with E-state index in [-0.39, 0.29) is 40.1 Å². The third-order valence-corrected chi connectivity index (χ3v) is 1.46. The molecule has 0 spiro atoms. The Kier molecular flexibility index (Phi) is 6.36. The summed E-state index contributed by atoms with van der Waals surface area (Å²) < 4.78 is 12.4. The van der Waals surface area contributed by atoms with Gasteiger partial charge in [0.25, 0.3) is 0 Å². The largest absolute Gasteiger partial charge is 0.377 e. The summed E-state index contributed by atoms with van der Waals surface area (Å²) in [4.78, 5) is 11.7. The Bertz CT molecular complexity index is 391. The van der Waals surface area contributed by atoms with Crippen LogP contribution in [0.1, 0.15) is 0 Å². The van der Waals surface area contributed by atoms with Crippen molar-refractivity contribution in [3.8, 4) is 11.5 Å². The van der Waals surface area contributed by atoms with Gasteiger partial charge in [0, 0.05) is 50.9 Å². The number of nitrogens with zero attached hydrogens (tertiary/aromatic N) is 3. The van der Waals surface area contributed by atoms with Gasteiger partial charge < -0.3 is 12.4 Å². The Labute approximate surface area is 113 Å². The molecular weight excluding hydrogens is 270 g/mol. The molecule has 0 fully saturated rings. The Morgan fingerprint density at radius 1 is 1.13 bits per heavy atom. The van der Waals surface area contributed by atoms with E-state index in [0.717, 1.165) is 6.20 Å². The molecule has 3 nitrogen and oxygen atoms in total. The van der Waals surface area contributed by atoms with Gasteiger partial charge in [-0.1, -0.05) is 0 Å². The second-order valence-electron chi connectivity index (χ2n) is 2.35. The maximum atomic E-state index is 12.4. The standard InChI is InChI=1S/C9H5FN3.CH3.Y/c10-7-2-3-8(13-6-7)9-11-4-1-5-12-9;;/h1,3-6H;1H3;/q2*-1;. The Morgan fingerprint density at radius 3 is 2.33 bits per heavy atom. The molecule has 2 rings (SSSR count). The molecule has 0 bridgehead atoms. The molecule has 0 saturated heterocycles. The van der Waals surface area contributed by atoms with Crippen LogP contribution in [0.15, 0.2) is 30.7 Å². The summed E-state index contributed by atoms with van der Waals surface area (Å²) in [6.07, 6.45) is 4.30. The van der Waals surface area contributed by atoms with Crippen LogP contribution in [0.25, 0.3) is 11.5 Å². The second-order valence-corrected chi connectivity index (χ2v) is 2.35. The molecule has 0 aromatic carbocycles. The van der Waals surface area contributed by atoms with Crippen molar-refractivity contribution < 1.29 is 37.1 Å². The van der Waals surface area contributed by atoms with E-state index in [2.05, 4.69) is 21.0 Å². The van der Waals surface area contributed by atoms with Crippen molar-refractivity contribution in [2.75, 3.05) is 0 Å². The number of rotatable bonds is 1. The van der Waals surface area contributed by atoms with Gasteiger partial charge >= 0.3 is 0 Å². The maximum absolute atomic E-state index is 12.4. The van der Waals surface area contributed by atoms with Crippen molar-refractivity contribution in [1.82, 2.24) is 15.0 Å². The van der Waals surface area contributed by atoms with Gasteiger partial charge in [-0.25, -0.2) is 14.4 Å². The van der Waals surface area contributed by atoms with Crippen LogP contribution in [0.3, 0.4) is 0 Å². The van der Waals surface area contributed by atoms with Crippen LogP contribution in [0.4, 0.5) is 4.39 Å². The average molecular weight is 278 g/mol. The number of aromatic nitrogens is 3. The van der Waals surface area contributed by atoms with E-state index in [4.69, 9.17) is 0 Å². The molecule has 0 amide bonds. The number of halogens is 1. The zero-order chi connectivity index (χ0) is 9.10. The van der Waals surface area contributed by atoms with Crippen LogP contribution in [0.2, 0.25) is 0 Å². The fourth-order valence-electron chi connectivity index (χ4n) is 0.892. The number of hydrogen-bond donors (Lipinski definition) is 0. The van der Waals surface area contributed by atoms with Crippen LogP contribution in [-0.2, 0) is 32.7 Å². The van der Waals surface area contributed by atoms with E-state index in [1.807, 2.05) is 0 Å². The Hall–Kier alpha value is -0.736. The molecule has 75 valence electrons. The van der Waals surface area contributed by atoms with E-state index in [1.165, 1.54) is 6.07 Å². The van der Waals surface area contributed by atoms with Crippen LogP contribution in [-0.4, -0.2) is 15.0 Å². The third-order valence-electron chi connectivity index (χ3n) is 1.46. The molecule has 0 atom stereocenters. The van der Waals surface area contributed by atoms with Crippen molar-refractivity contribution in [3.63, 3.8) is 0 Å². The van der Waals surface area contributed by atoms with Crippen LogP contribution in [0.5, 0.6) is 0 Å². The molecule has 0 N–H and O–H groups in total. The summed E-state index contributed by atoms with van der Waals surface area (Å²) in [6, 6.07) is 5.52. The minimum atomic E-state index is -0.486. The summed E-state index contributed by atoms with van der Waals surface area (Å²) in [6.45, 7) is 0. The van der Waals surface area contributed by atoms with Gasteiger partial charge in [0.15, 0.2) is 0 Å². The van der Waals surface area contributed by atoms with Crippen molar-refractivity contribution >= 4 is 0 Å². The monoisotopic (exact) mass is 278 g/mol. The van der Waals surface area contributed by atoms with Crippen LogP contribution in [0, 0.1) is 19.3 Å². The molecule has 2 aromatic heterocycles. The maximum Gasteiger partial charge on any atom is 0.121 e. The summed E-state index contributed by atoms with van der Waals surface area (Å²) in [5.74, 6) is -0.0153. The minimum absolute atomic E-state index is 0. The molecule has 5 heteroatoms. The van der Waals surface area contributed by atoms with Crippen LogP contribution < -0.4 is 0 Å². The predicted molar refractivity (Wildman–Crippen MR) is 50.5 cm³/mol. The summed E-state index contributed by atoms with van der Waals surface area (Å²) in [5.41, 5.74) is 0.516. The van der Waals surface area contributed by atoms with E-state index in [9.17, 15) is 4.39 Å². The van der Waals surface area contributed by atoms with E-state index in [1.54, 1.807) is 18.5 Å². The molecule has 1 radical (unpaired) electrons. The Morgan fingerprint density at radius 2 is 1.80 bits per heavy atom. The molecule has 0 unspecified atom stereocenters. The third kappa shape index (κ3) is 3.72. The van der Waals surface area contributed by atoms with Crippen molar-refractivity contribution in [2.24, 2.45) is 0 Å². The molecule has 0 aliphatic rings. The first-order chi connectivity index (χ1) is 6.36. The molecular formula is C10H8FN3Y-2. The number of pyridine rings is 1.